The smallest absolute Gasteiger partial charge is 0.237 e. The highest BCUT2D eigenvalue weighted by Crippen LogP contribution is 2.23. The molecule has 0 bridgehead atoms. The van der Waals surface area contributed by atoms with Gasteiger partial charge in [0.05, 0.1) is 11.8 Å². The van der Waals surface area contributed by atoms with Crippen LogP contribution in [0.1, 0.15) is 30.8 Å². The molecule has 0 atom stereocenters. The minimum absolute atomic E-state index is 0.0732. The number of hydrogen-bond acceptors (Lipinski definition) is 4. The van der Waals surface area contributed by atoms with E-state index < -0.39 is 0 Å². The molecule has 0 saturated carbocycles. The first-order valence-corrected chi connectivity index (χ1v) is 6.93. The number of pyridine rings is 1. The molecular formula is C16H20N4O. The van der Waals surface area contributed by atoms with E-state index in [-0.39, 0.29) is 6.10 Å². The number of nitrogens with zero attached hydrogens (tertiary/aromatic N) is 3. The molecule has 0 aromatic carbocycles. The van der Waals surface area contributed by atoms with Crippen molar-refractivity contribution in [3.63, 3.8) is 0 Å². The third-order valence-corrected chi connectivity index (χ3v) is 3.34. The Morgan fingerprint density at radius 1 is 1.48 bits per heavy atom. The molecule has 2 rings (SSSR count). The summed E-state index contributed by atoms with van der Waals surface area (Å²) < 4.78 is 7.58. The topological polar surface area (TPSA) is 62.9 Å². The fourth-order valence-electron chi connectivity index (χ4n) is 2.08. The molecule has 0 radical (unpaired) electrons. The second-order valence-electron chi connectivity index (χ2n) is 5.19. The minimum atomic E-state index is 0.0732. The van der Waals surface area contributed by atoms with Crippen molar-refractivity contribution in [1.29, 1.82) is 5.26 Å². The van der Waals surface area contributed by atoms with E-state index in [1.54, 1.807) is 6.20 Å². The van der Waals surface area contributed by atoms with Crippen LogP contribution in [0, 0.1) is 18.3 Å². The van der Waals surface area contributed by atoms with Gasteiger partial charge in [0.2, 0.25) is 5.88 Å². The summed E-state index contributed by atoms with van der Waals surface area (Å²) in [4.78, 5) is 4.25. The number of nitriles is 1. The molecule has 2 aromatic rings. The zero-order chi connectivity index (χ0) is 15.4. The molecule has 2 heterocycles. The average Bonchev–Trinajstić information content (AvgIpc) is 2.73. The molecule has 0 aliphatic heterocycles. The van der Waals surface area contributed by atoms with Crippen LogP contribution in [0.3, 0.4) is 0 Å². The number of hydrogen-bond donors (Lipinski definition) is 1. The maximum absolute atomic E-state index is 9.06. The first-order valence-electron chi connectivity index (χ1n) is 6.93. The van der Waals surface area contributed by atoms with Gasteiger partial charge in [0.1, 0.15) is 11.8 Å². The molecule has 5 nitrogen and oxygen atoms in total. The molecule has 0 saturated heterocycles. The average molecular weight is 284 g/mol. The predicted octanol–water partition coefficient (Wildman–Crippen LogP) is 3.00. The van der Waals surface area contributed by atoms with Gasteiger partial charge in [-0.15, -0.1) is 0 Å². The van der Waals surface area contributed by atoms with E-state index in [0.29, 0.717) is 18.1 Å². The van der Waals surface area contributed by atoms with Crippen molar-refractivity contribution in [3.05, 3.63) is 41.3 Å². The Kier molecular flexibility index (Phi) is 4.49. The quantitative estimate of drug-likeness (QED) is 0.916. The Morgan fingerprint density at radius 2 is 2.24 bits per heavy atom. The van der Waals surface area contributed by atoms with Crippen LogP contribution >= 0.6 is 0 Å². The second-order valence-corrected chi connectivity index (χ2v) is 5.19. The highest BCUT2D eigenvalue weighted by molar-refractivity contribution is 5.53. The van der Waals surface area contributed by atoms with Crippen molar-refractivity contribution < 1.29 is 4.74 Å². The Hall–Kier alpha value is -2.48. The zero-order valence-electron chi connectivity index (χ0n) is 12.8. The van der Waals surface area contributed by atoms with E-state index in [1.165, 1.54) is 0 Å². The van der Waals surface area contributed by atoms with Crippen molar-refractivity contribution in [2.24, 2.45) is 7.05 Å². The molecular weight excluding hydrogens is 264 g/mol. The molecule has 21 heavy (non-hydrogen) atoms. The molecule has 110 valence electrons. The largest absolute Gasteiger partial charge is 0.473 e. The number of aromatic nitrogens is 2. The summed E-state index contributed by atoms with van der Waals surface area (Å²) >= 11 is 0. The van der Waals surface area contributed by atoms with Crippen molar-refractivity contribution >= 4 is 5.69 Å². The van der Waals surface area contributed by atoms with E-state index in [2.05, 4.69) is 16.4 Å². The van der Waals surface area contributed by atoms with Gasteiger partial charge in [-0.1, -0.05) is 0 Å². The predicted molar refractivity (Wildman–Crippen MR) is 82.2 cm³/mol. The van der Waals surface area contributed by atoms with Gasteiger partial charge in [-0.25, -0.2) is 4.98 Å². The fourth-order valence-corrected chi connectivity index (χ4v) is 2.08. The summed E-state index contributed by atoms with van der Waals surface area (Å²) in [5.74, 6) is 0.599. The summed E-state index contributed by atoms with van der Waals surface area (Å²) in [6.07, 6.45) is 1.79. The second kappa shape index (κ2) is 6.31. The third kappa shape index (κ3) is 3.34. The maximum Gasteiger partial charge on any atom is 0.237 e. The number of anilines is 1. The van der Waals surface area contributed by atoms with Gasteiger partial charge in [-0.05, 0) is 44.5 Å². The summed E-state index contributed by atoms with van der Waals surface area (Å²) in [6.45, 7) is 6.58. The van der Waals surface area contributed by atoms with Crippen molar-refractivity contribution in [1.82, 2.24) is 9.55 Å². The third-order valence-electron chi connectivity index (χ3n) is 3.34. The lowest BCUT2D eigenvalue weighted by molar-refractivity contribution is 0.234. The lowest BCUT2D eigenvalue weighted by Crippen LogP contribution is -2.10. The molecule has 1 N–H and O–H groups in total. The van der Waals surface area contributed by atoms with Crippen LogP contribution < -0.4 is 10.1 Å². The molecule has 0 aliphatic rings. The maximum atomic E-state index is 9.06. The number of ether oxygens (including phenoxy) is 1. The highest BCUT2D eigenvalue weighted by atomic mass is 16.5. The normalized spacial score (nSPS) is 10.5. The van der Waals surface area contributed by atoms with E-state index in [0.717, 1.165) is 16.9 Å². The van der Waals surface area contributed by atoms with Crippen LogP contribution in [0.5, 0.6) is 5.88 Å². The Bertz CT molecular complexity index is 667. The van der Waals surface area contributed by atoms with Gasteiger partial charge in [-0.3, -0.25) is 0 Å². The number of nitrogens with one attached hydrogen (secondary N) is 1. The van der Waals surface area contributed by atoms with E-state index in [1.807, 2.05) is 50.6 Å². The van der Waals surface area contributed by atoms with Gasteiger partial charge < -0.3 is 14.6 Å². The highest BCUT2D eigenvalue weighted by Gasteiger charge is 2.10. The molecule has 0 aliphatic carbocycles. The molecule has 0 spiro atoms. The lowest BCUT2D eigenvalue weighted by Gasteiger charge is -2.14. The first kappa shape index (κ1) is 14.9. The fraction of sp³-hybridized carbons (Fsp3) is 0.375. The van der Waals surface area contributed by atoms with Gasteiger partial charge in [0.15, 0.2) is 0 Å². The van der Waals surface area contributed by atoms with Crippen LogP contribution in [-0.2, 0) is 13.6 Å². The first-order chi connectivity index (χ1) is 10.0. The van der Waals surface area contributed by atoms with Gasteiger partial charge >= 0.3 is 0 Å². The minimum Gasteiger partial charge on any atom is -0.473 e. The summed E-state index contributed by atoms with van der Waals surface area (Å²) in [7, 11) is 1.90. The van der Waals surface area contributed by atoms with Gasteiger partial charge in [0.25, 0.3) is 0 Å². The standard InChI is InChI=1S/C16H20N4O/c1-11(2)21-16-15(6-5-7-18-16)19-10-13-8-14(9-17)20(4)12(13)3/h5-8,11,19H,10H2,1-4H3. The number of rotatable bonds is 5. The van der Waals surface area contributed by atoms with Crippen LogP contribution in [0.4, 0.5) is 5.69 Å². The van der Waals surface area contributed by atoms with Crippen LogP contribution in [0.25, 0.3) is 0 Å². The van der Waals surface area contributed by atoms with Gasteiger partial charge in [-0.2, -0.15) is 5.26 Å². The van der Waals surface area contributed by atoms with Crippen molar-refractivity contribution in [2.45, 2.75) is 33.4 Å². The Balaban J connectivity index is 2.16. The van der Waals surface area contributed by atoms with Gasteiger partial charge in [0, 0.05) is 25.5 Å². The van der Waals surface area contributed by atoms with Crippen LogP contribution in [0.15, 0.2) is 24.4 Å². The van der Waals surface area contributed by atoms with E-state index >= 15 is 0 Å². The Morgan fingerprint density at radius 3 is 2.86 bits per heavy atom. The summed E-state index contributed by atoms with van der Waals surface area (Å²) in [5.41, 5.74) is 3.68. The Labute approximate surface area is 125 Å². The molecule has 0 fully saturated rings. The van der Waals surface area contributed by atoms with E-state index in [9.17, 15) is 0 Å². The molecule has 0 unspecified atom stereocenters. The molecule has 5 heteroatoms. The summed E-state index contributed by atoms with van der Waals surface area (Å²) in [6, 6.07) is 7.90. The SMILES string of the molecule is Cc1c(CNc2cccnc2OC(C)C)cc(C#N)n1C. The molecule has 2 aromatic heterocycles. The summed E-state index contributed by atoms with van der Waals surface area (Å²) in [5, 5.41) is 12.4. The lowest BCUT2D eigenvalue weighted by atomic mass is 10.2. The zero-order valence-corrected chi connectivity index (χ0v) is 12.8. The van der Waals surface area contributed by atoms with Crippen LogP contribution in [0.2, 0.25) is 0 Å². The van der Waals surface area contributed by atoms with E-state index in [4.69, 9.17) is 10.00 Å². The monoisotopic (exact) mass is 284 g/mol. The van der Waals surface area contributed by atoms with Crippen molar-refractivity contribution in [3.8, 4) is 11.9 Å². The van der Waals surface area contributed by atoms with Crippen LogP contribution in [-0.4, -0.2) is 15.7 Å². The van der Waals surface area contributed by atoms with Crippen molar-refractivity contribution in [2.75, 3.05) is 5.32 Å². The molecule has 0 amide bonds.